The van der Waals surface area contributed by atoms with Crippen LogP contribution >= 0.6 is 7.60 Å². The van der Waals surface area contributed by atoms with E-state index in [9.17, 15) is 14.3 Å². The second-order valence-corrected chi connectivity index (χ2v) is 6.19. The van der Waals surface area contributed by atoms with Crippen LogP contribution in [-0.2, 0) is 20.5 Å². The summed E-state index contributed by atoms with van der Waals surface area (Å²) in [5.41, 5.74) is 0.363. The van der Waals surface area contributed by atoms with E-state index in [0.717, 1.165) is 6.42 Å². The van der Waals surface area contributed by atoms with E-state index in [1.165, 1.54) is 6.07 Å². The molecule has 6 nitrogen and oxygen atoms in total. The first kappa shape index (κ1) is 14.1. The molecule has 0 amide bonds. The number of hydrogen-bond donors (Lipinski definition) is 2. The normalized spacial score (nSPS) is 21.8. The Labute approximate surface area is 110 Å². The quantitative estimate of drug-likeness (QED) is 0.804. The molecule has 1 aliphatic rings. The highest BCUT2D eigenvalue weighted by Crippen LogP contribution is 2.52. The SMILES string of the molecule is O=C(O)Cc1ccccc1OP(=O)(O)C1CCCO1. The van der Waals surface area contributed by atoms with Gasteiger partial charge in [0.1, 0.15) is 5.75 Å². The van der Waals surface area contributed by atoms with Crippen molar-refractivity contribution in [2.75, 3.05) is 6.61 Å². The summed E-state index contributed by atoms with van der Waals surface area (Å²) in [7, 11) is -3.95. The maximum atomic E-state index is 12.1. The number of carboxylic acid groups (broad SMARTS) is 1. The Morgan fingerprint density at radius 1 is 1.47 bits per heavy atom. The number of rotatable bonds is 5. The highest BCUT2D eigenvalue weighted by molar-refractivity contribution is 7.53. The number of hydrogen-bond acceptors (Lipinski definition) is 4. The Bertz CT molecular complexity index is 509. The van der Waals surface area contributed by atoms with E-state index >= 15 is 0 Å². The minimum Gasteiger partial charge on any atom is -0.481 e. The second-order valence-electron chi connectivity index (χ2n) is 4.30. The fraction of sp³-hybridized carbons (Fsp3) is 0.417. The molecule has 1 aromatic rings. The van der Waals surface area contributed by atoms with Crippen LogP contribution in [0.15, 0.2) is 24.3 Å². The maximum Gasteiger partial charge on any atom is 0.405 e. The molecule has 0 aliphatic carbocycles. The van der Waals surface area contributed by atoms with Crippen LogP contribution in [-0.4, -0.2) is 28.4 Å². The Balaban J connectivity index is 2.18. The summed E-state index contributed by atoms with van der Waals surface area (Å²) in [6.45, 7) is 0.440. The van der Waals surface area contributed by atoms with E-state index in [4.69, 9.17) is 14.4 Å². The third kappa shape index (κ3) is 3.56. The lowest BCUT2D eigenvalue weighted by Crippen LogP contribution is -2.11. The third-order valence-electron chi connectivity index (χ3n) is 2.81. The van der Waals surface area contributed by atoms with Gasteiger partial charge in [0.05, 0.1) is 6.42 Å². The lowest BCUT2D eigenvalue weighted by atomic mass is 10.1. The van der Waals surface area contributed by atoms with Crippen molar-refractivity contribution in [3.63, 3.8) is 0 Å². The summed E-state index contributed by atoms with van der Waals surface area (Å²) in [6, 6.07) is 6.31. The summed E-state index contributed by atoms with van der Waals surface area (Å²) in [5.74, 6) is -1.74. The van der Waals surface area contributed by atoms with Crippen molar-refractivity contribution in [3.8, 4) is 5.75 Å². The van der Waals surface area contributed by atoms with Crippen molar-refractivity contribution in [1.29, 1.82) is 0 Å². The highest BCUT2D eigenvalue weighted by Gasteiger charge is 2.37. The standard InChI is InChI=1S/C12H15O6P/c13-11(14)8-9-4-1-2-5-10(9)18-19(15,16)12-6-3-7-17-12/h1-2,4-5,12H,3,6-8H2,(H,13,14)(H,15,16). The van der Waals surface area contributed by atoms with Gasteiger partial charge in [-0.05, 0) is 18.9 Å². The van der Waals surface area contributed by atoms with E-state index in [2.05, 4.69) is 0 Å². The molecule has 1 aliphatic heterocycles. The molecule has 2 rings (SSSR count). The number of ether oxygens (including phenoxy) is 1. The lowest BCUT2D eigenvalue weighted by Gasteiger charge is -2.19. The summed E-state index contributed by atoms with van der Waals surface area (Å²) in [4.78, 5) is 20.6. The summed E-state index contributed by atoms with van der Waals surface area (Å²) >= 11 is 0. The van der Waals surface area contributed by atoms with Gasteiger partial charge in [-0.3, -0.25) is 4.79 Å². The topological polar surface area (TPSA) is 93.1 Å². The molecule has 2 N–H and O–H groups in total. The molecule has 0 saturated carbocycles. The van der Waals surface area contributed by atoms with Crippen molar-refractivity contribution in [2.24, 2.45) is 0 Å². The predicted octanol–water partition coefficient (Wildman–Crippen LogP) is 2.01. The van der Waals surface area contributed by atoms with Gasteiger partial charge >= 0.3 is 13.6 Å². The van der Waals surface area contributed by atoms with Crippen LogP contribution in [0.4, 0.5) is 0 Å². The molecule has 0 bridgehead atoms. The molecule has 1 heterocycles. The van der Waals surface area contributed by atoms with Gasteiger partial charge in [0.15, 0.2) is 5.85 Å². The molecule has 104 valence electrons. The van der Waals surface area contributed by atoms with E-state index in [-0.39, 0.29) is 12.2 Å². The number of aliphatic carboxylic acids is 1. The van der Waals surface area contributed by atoms with Crippen LogP contribution in [0.3, 0.4) is 0 Å². The molecule has 1 fully saturated rings. The zero-order chi connectivity index (χ0) is 13.9. The first-order chi connectivity index (χ1) is 8.99. The number of carboxylic acids is 1. The summed E-state index contributed by atoms with van der Waals surface area (Å²) in [5, 5.41) is 8.79. The second kappa shape index (κ2) is 5.74. The molecule has 2 atom stereocenters. The van der Waals surface area contributed by atoms with Gasteiger partial charge < -0.3 is 19.3 Å². The van der Waals surface area contributed by atoms with Gasteiger partial charge in [0.2, 0.25) is 0 Å². The number of benzene rings is 1. The molecule has 2 unspecified atom stereocenters. The molecule has 0 aromatic heterocycles. The van der Waals surface area contributed by atoms with Crippen molar-refractivity contribution >= 4 is 13.6 Å². The van der Waals surface area contributed by atoms with Crippen LogP contribution in [0.2, 0.25) is 0 Å². The highest BCUT2D eigenvalue weighted by atomic mass is 31.2. The van der Waals surface area contributed by atoms with Crippen LogP contribution in [0, 0.1) is 0 Å². The zero-order valence-corrected chi connectivity index (χ0v) is 11.1. The lowest BCUT2D eigenvalue weighted by molar-refractivity contribution is -0.136. The monoisotopic (exact) mass is 286 g/mol. The van der Waals surface area contributed by atoms with E-state index < -0.39 is 19.4 Å². The summed E-state index contributed by atoms with van der Waals surface area (Å²) < 4.78 is 22.4. The van der Waals surface area contributed by atoms with E-state index in [1.54, 1.807) is 18.2 Å². The molecule has 19 heavy (non-hydrogen) atoms. The Morgan fingerprint density at radius 3 is 2.84 bits per heavy atom. The van der Waals surface area contributed by atoms with Crippen LogP contribution in [0.5, 0.6) is 5.75 Å². The van der Waals surface area contributed by atoms with E-state index in [0.29, 0.717) is 18.6 Å². The van der Waals surface area contributed by atoms with Crippen molar-refractivity contribution in [3.05, 3.63) is 29.8 Å². The minimum atomic E-state index is -3.95. The zero-order valence-electron chi connectivity index (χ0n) is 10.2. The Morgan fingerprint density at radius 2 is 2.21 bits per heavy atom. The van der Waals surface area contributed by atoms with Crippen LogP contribution in [0.1, 0.15) is 18.4 Å². The fourth-order valence-corrected chi connectivity index (χ4v) is 3.30. The Hall–Kier alpha value is -1.36. The molecular weight excluding hydrogens is 271 g/mol. The third-order valence-corrected chi connectivity index (χ3v) is 4.41. The molecule has 1 saturated heterocycles. The Kier molecular flexibility index (Phi) is 4.24. The van der Waals surface area contributed by atoms with Gasteiger partial charge in [-0.25, -0.2) is 4.57 Å². The molecule has 7 heteroatoms. The van der Waals surface area contributed by atoms with Gasteiger partial charge in [0, 0.05) is 12.2 Å². The van der Waals surface area contributed by atoms with Crippen molar-refractivity contribution < 1.29 is 28.6 Å². The van der Waals surface area contributed by atoms with Gasteiger partial charge in [0.25, 0.3) is 0 Å². The first-order valence-corrected chi connectivity index (χ1v) is 7.57. The smallest absolute Gasteiger partial charge is 0.405 e. The largest absolute Gasteiger partial charge is 0.481 e. The average Bonchev–Trinajstić information content (AvgIpc) is 2.85. The summed E-state index contributed by atoms with van der Waals surface area (Å²) in [6.07, 6.45) is 0.923. The van der Waals surface area contributed by atoms with Crippen molar-refractivity contribution in [2.45, 2.75) is 25.1 Å². The number of carbonyl (C=O) groups is 1. The number of para-hydroxylation sites is 1. The van der Waals surface area contributed by atoms with Crippen LogP contribution in [0.25, 0.3) is 0 Å². The van der Waals surface area contributed by atoms with Crippen LogP contribution < -0.4 is 4.52 Å². The van der Waals surface area contributed by atoms with E-state index in [1.807, 2.05) is 0 Å². The van der Waals surface area contributed by atoms with Crippen molar-refractivity contribution in [1.82, 2.24) is 0 Å². The molecular formula is C12H15O6P. The minimum absolute atomic E-state index is 0.117. The first-order valence-electron chi connectivity index (χ1n) is 5.92. The van der Waals surface area contributed by atoms with Gasteiger partial charge in [-0.2, -0.15) is 0 Å². The van der Waals surface area contributed by atoms with Gasteiger partial charge in [-0.15, -0.1) is 0 Å². The molecule has 1 aromatic carbocycles. The fourth-order valence-electron chi connectivity index (χ4n) is 1.92. The molecule has 0 spiro atoms. The van der Waals surface area contributed by atoms with Gasteiger partial charge in [-0.1, -0.05) is 18.2 Å². The maximum absolute atomic E-state index is 12.1. The average molecular weight is 286 g/mol. The predicted molar refractivity (Wildman–Crippen MR) is 67.2 cm³/mol. The molecule has 0 radical (unpaired) electrons.